The highest BCUT2D eigenvalue weighted by molar-refractivity contribution is 6.35. The third kappa shape index (κ3) is 3.79. The van der Waals surface area contributed by atoms with Crippen molar-refractivity contribution in [2.75, 3.05) is 7.05 Å². The van der Waals surface area contributed by atoms with Gasteiger partial charge in [0, 0.05) is 34.7 Å². The molecule has 0 aliphatic heterocycles. The largest absolute Gasteiger partial charge is 0.313 e. The Morgan fingerprint density at radius 3 is 2.57 bits per heavy atom. The second-order valence-electron chi connectivity index (χ2n) is 5.01. The van der Waals surface area contributed by atoms with Crippen molar-refractivity contribution in [1.29, 1.82) is 0 Å². The van der Waals surface area contributed by atoms with Crippen LogP contribution in [-0.2, 0) is 19.4 Å². The number of rotatable bonds is 6. The van der Waals surface area contributed by atoms with Crippen LogP contribution < -0.4 is 5.32 Å². The van der Waals surface area contributed by atoms with E-state index in [9.17, 15) is 0 Å². The van der Waals surface area contributed by atoms with E-state index in [-0.39, 0.29) is 6.04 Å². The van der Waals surface area contributed by atoms with E-state index in [1.54, 1.807) is 6.07 Å². The van der Waals surface area contributed by atoms with Crippen LogP contribution in [0.1, 0.15) is 36.8 Å². The van der Waals surface area contributed by atoms with Crippen molar-refractivity contribution in [3.8, 4) is 0 Å². The molecule has 0 saturated carbocycles. The molecular formula is C16H21Cl2N3. The molecule has 2 aromatic rings. The molecule has 0 spiro atoms. The summed E-state index contributed by atoms with van der Waals surface area (Å²) in [5.41, 5.74) is 3.41. The van der Waals surface area contributed by atoms with Gasteiger partial charge in [0.25, 0.3) is 0 Å². The molecule has 0 fully saturated rings. The van der Waals surface area contributed by atoms with E-state index in [4.69, 9.17) is 23.2 Å². The van der Waals surface area contributed by atoms with Crippen LogP contribution in [-0.4, -0.2) is 16.8 Å². The average Bonchev–Trinajstić information content (AvgIpc) is 2.87. The molecule has 0 bridgehead atoms. The van der Waals surface area contributed by atoms with Gasteiger partial charge in [0.05, 0.1) is 5.69 Å². The number of likely N-dealkylation sites (N-methyl/N-ethyl adjacent to an activating group) is 1. The quantitative estimate of drug-likeness (QED) is 0.859. The molecule has 5 heteroatoms. The standard InChI is InChI=1S/C16H21Cl2N3/c1-4-12-9-13(21(5-2)20-12)10-16(19-3)14-7-6-11(17)8-15(14)18/h6-9,16,19H,4-5,10H2,1-3H3. The summed E-state index contributed by atoms with van der Waals surface area (Å²) < 4.78 is 2.06. The smallest absolute Gasteiger partial charge is 0.0624 e. The summed E-state index contributed by atoms with van der Waals surface area (Å²) in [6.07, 6.45) is 1.80. The molecule has 1 atom stereocenters. The molecular weight excluding hydrogens is 305 g/mol. The zero-order chi connectivity index (χ0) is 15.4. The van der Waals surface area contributed by atoms with Crippen LogP contribution in [0.4, 0.5) is 0 Å². The third-order valence-corrected chi connectivity index (χ3v) is 4.24. The first-order valence-corrected chi connectivity index (χ1v) is 8.02. The summed E-state index contributed by atoms with van der Waals surface area (Å²) in [5, 5.41) is 9.29. The zero-order valence-electron chi connectivity index (χ0n) is 12.7. The maximum atomic E-state index is 6.33. The van der Waals surface area contributed by atoms with Gasteiger partial charge < -0.3 is 5.32 Å². The second kappa shape index (κ2) is 7.30. The van der Waals surface area contributed by atoms with Gasteiger partial charge in [-0.25, -0.2) is 0 Å². The first-order chi connectivity index (χ1) is 10.1. The van der Waals surface area contributed by atoms with Gasteiger partial charge in [0.15, 0.2) is 0 Å². The van der Waals surface area contributed by atoms with Crippen LogP contribution in [0.3, 0.4) is 0 Å². The Kier molecular flexibility index (Phi) is 5.68. The number of halogens is 2. The molecule has 3 nitrogen and oxygen atoms in total. The number of nitrogens with zero attached hydrogens (tertiary/aromatic N) is 2. The lowest BCUT2D eigenvalue weighted by Gasteiger charge is -2.18. The minimum absolute atomic E-state index is 0.140. The van der Waals surface area contributed by atoms with E-state index >= 15 is 0 Å². The number of hydrogen-bond donors (Lipinski definition) is 1. The van der Waals surface area contributed by atoms with Crippen molar-refractivity contribution in [1.82, 2.24) is 15.1 Å². The minimum atomic E-state index is 0.140. The van der Waals surface area contributed by atoms with Gasteiger partial charge in [-0.15, -0.1) is 0 Å². The molecule has 1 unspecified atom stereocenters. The zero-order valence-corrected chi connectivity index (χ0v) is 14.2. The topological polar surface area (TPSA) is 29.9 Å². The summed E-state index contributed by atoms with van der Waals surface area (Å²) in [4.78, 5) is 0. The molecule has 0 aliphatic rings. The van der Waals surface area contributed by atoms with E-state index in [0.717, 1.165) is 30.6 Å². The van der Waals surface area contributed by atoms with Crippen LogP contribution in [0, 0.1) is 0 Å². The van der Waals surface area contributed by atoms with E-state index in [1.807, 2.05) is 19.2 Å². The first-order valence-electron chi connectivity index (χ1n) is 7.26. The Labute approximate surface area is 136 Å². The van der Waals surface area contributed by atoms with Crippen LogP contribution in [0.15, 0.2) is 24.3 Å². The normalized spacial score (nSPS) is 12.6. The van der Waals surface area contributed by atoms with E-state index in [1.165, 1.54) is 5.69 Å². The summed E-state index contributed by atoms with van der Waals surface area (Å²) in [5.74, 6) is 0. The third-order valence-electron chi connectivity index (χ3n) is 3.68. The van der Waals surface area contributed by atoms with Gasteiger partial charge in [-0.05, 0) is 44.2 Å². The van der Waals surface area contributed by atoms with Crippen molar-refractivity contribution < 1.29 is 0 Å². The fourth-order valence-electron chi connectivity index (χ4n) is 2.49. The highest BCUT2D eigenvalue weighted by Crippen LogP contribution is 2.28. The highest BCUT2D eigenvalue weighted by atomic mass is 35.5. The van der Waals surface area contributed by atoms with Gasteiger partial charge in [-0.1, -0.05) is 36.2 Å². The van der Waals surface area contributed by atoms with Gasteiger partial charge in [0.1, 0.15) is 0 Å². The molecule has 0 aliphatic carbocycles. The number of nitrogens with one attached hydrogen (secondary N) is 1. The molecule has 1 heterocycles. The van der Waals surface area contributed by atoms with Gasteiger partial charge >= 0.3 is 0 Å². The average molecular weight is 326 g/mol. The predicted molar refractivity (Wildman–Crippen MR) is 89.2 cm³/mol. The number of benzene rings is 1. The minimum Gasteiger partial charge on any atom is -0.313 e. The first kappa shape index (κ1) is 16.3. The van der Waals surface area contributed by atoms with Crippen LogP contribution in [0.2, 0.25) is 10.0 Å². The summed E-state index contributed by atoms with van der Waals surface area (Å²) >= 11 is 12.3. The highest BCUT2D eigenvalue weighted by Gasteiger charge is 2.17. The van der Waals surface area contributed by atoms with Crippen LogP contribution in [0.25, 0.3) is 0 Å². The summed E-state index contributed by atoms with van der Waals surface area (Å²) in [6.45, 7) is 5.11. The Hall–Kier alpha value is -1.03. The van der Waals surface area contributed by atoms with Crippen molar-refractivity contribution in [2.24, 2.45) is 0 Å². The molecule has 114 valence electrons. The lowest BCUT2D eigenvalue weighted by Crippen LogP contribution is -2.21. The van der Waals surface area contributed by atoms with Crippen molar-refractivity contribution in [3.05, 3.63) is 51.3 Å². The van der Waals surface area contributed by atoms with E-state index in [0.29, 0.717) is 10.0 Å². The van der Waals surface area contributed by atoms with Crippen molar-refractivity contribution in [3.63, 3.8) is 0 Å². The molecule has 1 N–H and O–H groups in total. The van der Waals surface area contributed by atoms with Gasteiger partial charge in [-0.3, -0.25) is 4.68 Å². The van der Waals surface area contributed by atoms with E-state index < -0.39 is 0 Å². The predicted octanol–water partition coefficient (Wildman–Crippen LogP) is 4.28. The molecule has 0 amide bonds. The van der Waals surface area contributed by atoms with Crippen molar-refractivity contribution in [2.45, 2.75) is 39.3 Å². The Balaban J connectivity index is 2.28. The number of aryl methyl sites for hydroxylation is 2. The lowest BCUT2D eigenvalue weighted by atomic mass is 10.0. The fraction of sp³-hybridized carbons (Fsp3) is 0.438. The number of hydrogen-bond acceptors (Lipinski definition) is 2. The van der Waals surface area contributed by atoms with Crippen LogP contribution >= 0.6 is 23.2 Å². The summed E-state index contributed by atoms with van der Waals surface area (Å²) in [6, 6.07) is 7.97. The maximum absolute atomic E-state index is 6.33. The molecule has 0 radical (unpaired) electrons. The monoisotopic (exact) mass is 325 g/mol. The number of aromatic nitrogens is 2. The maximum Gasteiger partial charge on any atom is 0.0624 e. The SMILES string of the molecule is CCc1cc(CC(NC)c2ccc(Cl)cc2Cl)n(CC)n1. The molecule has 2 rings (SSSR count). The lowest BCUT2D eigenvalue weighted by molar-refractivity contribution is 0.540. The Morgan fingerprint density at radius 1 is 1.24 bits per heavy atom. The van der Waals surface area contributed by atoms with Gasteiger partial charge in [0.2, 0.25) is 0 Å². The molecule has 1 aromatic heterocycles. The fourth-order valence-corrected chi connectivity index (χ4v) is 3.03. The second-order valence-corrected chi connectivity index (χ2v) is 5.85. The summed E-state index contributed by atoms with van der Waals surface area (Å²) in [7, 11) is 1.95. The van der Waals surface area contributed by atoms with Gasteiger partial charge in [-0.2, -0.15) is 5.10 Å². The molecule has 21 heavy (non-hydrogen) atoms. The Morgan fingerprint density at radius 2 is 2.00 bits per heavy atom. The molecule has 1 aromatic carbocycles. The Bertz CT molecular complexity index is 608. The van der Waals surface area contributed by atoms with E-state index in [2.05, 4.69) is 35.0 Å². The van der Waals surface area contributed by atoms with Crippen LogP contribution in [0.5, 0.6) is 0 Å². The van der Waals surface area contributed by atoms with Crippen molar-refractivity contribution >= 4 is 23.2 Å². The molecule has 0 saturated heterocycles.